The molecule has 0 spiro atoms. The monoisotopic (exact) mass is 267 g/mol. The number of rotatable bonds is 5. The second kappa shape index (κ2) is 6.52. The molecule has 1 aromatic rings. The van der Waals surface area contributed by atoms with Crippen LogP contribution in [0, 0.1) is 11.7 Å². The number of carbonyl (C=O) groups excluding carboxylic acids is 1. The van der Waals surface area contributed by atoms with Crippen LogP contribution in [0.3, 0.4) is 0 Å². The van der Waals surface area contributed by atoms with Crippen molar-refractivity contribution < 1.29 is 19.0 Å². The van der Waals surface area contributed by atoms with Gasteiger partial charge in [0.1, 0.15) is 11.6 Å². The first-order valence-corrected chi connectivity index (χ1v) is 6.47. The van der Waals surface area contributed by atoms with Crippen molar-refractivity contribution in [3.8, 4) is 5.75 Å². The molecule has 1 amide bonds. The molecular weight excluding hydrogens is 249 g/mol. The third-order valence-corrected chi connectivity index (χ3v) is 3.42. The number of hydrogen-bond acceptors (Lipinski definition) is 3. The molecule has 0 aliphatic heterocycles. The zero-order valence-corrected chi connectivity index (χ0v) is 10.6. The third kappa shape index (κ3) is 3.92. The van der Waals surface area contributed by atoms with Crippen molar-refractivity contribution >= 4 is 5.91 Å². The van der Waals surface area contributed by atoms with Crippen LogP contribution in [0.1, 0.15) is 19.3 Å². The highest BCUT2D eigenvalue weighted by atomic mass is 19.1. The Morgan fingerprint density at radius 2 is 2.11 bits per heavy atom. The quantitative estimate of drug-likeness (QED) is 0.849. The van der Waals surface area contributed by atoms with E-state index in [1.54, 1.807) is 0 Å². The lowest BCUT2D eigenvalue weighted by Crippen LogP contribution is -2.40. The average Bonchev–Trinajstić information content (AvgIpc) is 2.85. The summed E-state index contributed by atoms with van der Waals surface area (Å²) >= 11 is 0. The maximum absolute atomic E-state index is 12.7. The lowest BCUT2D eigenvalue weighted by atomic mass is 10.1. The molecule has 4 nitrogen and oxygen atoms in total. The van der Waals surface area contributed by atoms with E-state index in [2.05, 4.69) is 5.32 Å². The molecule has 0 aromatic heterocycles. The number of halogens is 1. The molecule has 104 valence electrons. The number of benzene rings is 1. The number of aliphatic hydroxyl groups is 1. The molecule has 0 heterocycles. The summed E-state index contributed by atoms with van der Waals surface area (Å²) in [5, 5.41) is 12.0. The maximum atomic E-state index is 12.7. The molecule has 19 heavy (non-hydrogen) atoms. The van der Waals surface area contributed by atoms with E-state index in [-0.39, 0.29) is 36.9 Å². The highest BCUT2D eigenvalue weighted by molar-refractivity contribution is 5.77. The molecule has 0 saturated heterocycles. The molecule has 1 aliphatic rings. The van der Waals surface area contributed by atoms with Crippen molar-refractivity contribution in [1.82, 2.24) is 5.32 Å². The summed E-state index contributed by atoms with van der Waals surface area (Å²) < 4.78 is 17.9. The maximum Gasteiger partial charge on any atom is 0.258 e. The highest BCUT2D eigenvalue weighted by Gasteiger charge is 2.27. The molecule has 2 unspecified atom stereocenters. The molecular formula is C14H18FNO3. The number of nitrogens with one attached hydrogen (secondary N) is 1. The number of amides is 1. The molecule has 1 saturated carbocycles. The van der Waals surface area contributed by atoms with Crippen LogP contribution in [0.15, 0.2) is 24.3 Å². The summed E-state index contributed by atoms with van der Waals surface area (Å²) in [6.07, 6.45) is 2.86. The Labute approximate surface area is 111 Å². The second-order valence-corrected chi connectivity index (χ2v) is 4.79. The minimum atomic E-state index is -0.339. The summed E-state index contributed by atoms with van der Waals surface area (Å²) in [4.78, 5) is 11.7. The van der Waals surface area contributed by atoms with E-state index in [0.29, 0.717) is 5.75 Å². The zero-order valence-electron chi connectivity index (χ0n) is 10.6. The van der Waals surface area contributed by atoms with E-state index in [0.717, 1.165) is 19.3 Å². The largest absolute Gasteiger partial charge is 0.484 e. The second-order valence-electron chi connectivity index (χ2n) is 4.79. The van der Waals surface area contributed by atoms with Gasteiger partial charge in [-0.2, -0.15) is 0 Å². The fourth-order valence-corrected chi connectivity index (χ4v) is 2.37. The highest BCUT2D eigenvalue weighted by Crippen LogP contribution is 2.24. The Bertz CT molecular complexity index is 421. The normalized spacial score (nSPS) is 22.2. The first-order chi connectivity index (χ1) is 9.19. The molecule has 0 bridgehead atoms. The predicted octanol–water partition coefficient (Wildman–Crippen LogP) is 1.48. The topological polar surface area (TPSA) is 58.6 Å². The van der Waals surface area contributed by atoms with E-state index < -0.39 is 0 Å². The van der Waals surface area contributed by atoms with E-state index in [1.807, 2.05) is 0 Å². The van der Waals surface area contributed by atoms with Crippen LogP contribution >= 0.6 is 0 Å². The van der Waals surface area contributed by atoms with Crippen LogP contribution in [-0.4, -0.2) is 30.3 Å². The average molecular weight is 267 g/mol. The van der Waals surface area contributed by atoms with E-state index >= 15 is 0 Å². The Morgan fingerprint density at radius 1 is 1.37 bits per heavy atom. The van der Waals surface area contributed by atoms with Gasteiger partial charge in [0.2, 0.25) is 0 Å². The van der Waals surface area contributed by atoms with Gasteiger partial charge >= 0.3 is 0 Å². The van der Waals surface area contributed by atoms with Crippen molar-refractivity contribution in [3.63, 3.8) is 0 Å². The van der Waals surface area contributed by atoms with Gasteiger partial charge in [-0.15, -0.1) is 0 Å². The van der Waals surface area contributed by atoms with Crippen molar-refractivity contribution in [2.45, 2.75) is 25.3 Å². The number of aliphatic hydroxyl groups excluding tert-OH is 1. The first kappa shape index (κ1) is 13.8. The van der Waals surface area contributed by atoms with Gasteiger partial charge in [-0.05, 0) is 37.1 Å². The number of carbonyl (C=O) groups is 1. The van der Waals surface area contributed by atoms with Gasteiger partial charge in [0, 0.05) is 18.6 Å². The molecule has 2 atom stereocenters. The fourth-order valence-electron chi connectivity index (χ4n) is 2.37. The van der Waals surface area contributed by atoms with Crippen LogP contribution < -0.4 is 10.1 Å². The van der Waals surface area contributed by atoms with E-state index in [9.17, 15) is 9.18 Å². The van der Waals surface area contributed by atoms with Crippen LogP contribution in [0.5, 0.6) is 5.75 Å². The molecule has 2 N–H and O–H groups in total. The molecule has 1 fully saturated rings. The van der Waals surface area contributed by atoms with Gasteiger partial charge in [-0.3, -0.25) is 4.79 Å². The molecule has 0 radical (unpaired) electrons. The van der Waals surface area contributed by atoms with Crippen molar-refractivity contribution in [1.29, 1.82) is 0 Å². The molecule has 1 aliphatic carbocycles. The Hall–Kier alpha value is -1.62. The first-order valence-electron chi connectivity index (χ1n) is 6.47. The smallest absolute Gasteiger partial charge is 0.258 e. The van der Waals surface area contributed by atoms with Crippen molar-refractivity contribution in [2.75, 3.05) is 13.2 Å². The summed E-state index contributed by atoms with van der Waals surface area (Å²) in [6.45, 7) is 0.00401. The van der Waals surface area contributed by atoms with Gasteiger partial charge in [0.25, 0.3) is 5.91 Å². The van der Waals surface area contributed by atoms with Crippen LogP contribution in [0.2, 0.25) is 0 Å². The van der Waals surface area contributed by atoms with Crippen LogP contribution in [-0.2, 0) is 4.79 Å². The molecule has 5 heteroatoms. The Kier molecular flexibility index (Phi) is 4.74. The number of ether oxygens (including phenoxy) is 1. The van der Waals surface area contributed by atoms with Gasteiger partial charge in [-0.25, -0.2) is 4.39 Å². The molecule has 1 aromatic carbocycles. The lowest BCUT2D eigenvalue weighted by molar-refractivity contribution is -0.124. The van der Waals surface area contributed by atoms with Crippen LogP contribution in [0.25, 0.3) is 0 Å². The SMILES string of the molecule is O=C(COc1ccc(F)cc1)NC1CCCC1CO. The van der Waals surface area contributed by atoms with E-state index in [4.69, 9.17) is 9.84 Å². The fraction of sp³-hybridized carbons (Fsp3) is 0.500. The van der Waals surface area contributed by atoms with Gasteiger partial charge < -0.3 is 15.2 Å². The van der Waals surface area contributed by atoms with Crippen molar-refractivity contribution in [2.24, 2.45) is 5.92 Å². The summed E-state index contributed by atoms with van der Waals surface area (Å²) in [7, 11) is 0. The summed E-state index contributed by atoms with van der Waals surface area (Å²) in [5.41, 5.74) is 0. The Morgan fingerprint density at radius 3 is 2.79 bits per heavy atom. The predicted molar refractivity (Wildman–Crippen MR) is 68.3 cm³/mol. The minimum absolute atomic E-state index is 0.0364. The Balaban J connectivity index is 1.77. The van der Waals surface area contributed by atoms with Crippen molar-refractivity contribution in [3.05, 3.63) is 30.1 Å². The minimum Gasteiger partial charge on any atom is -0.484 e. The zero-order chi connectivity index (χ0) is 13.7. The summed E-state index contributed by atoms with van der Waals surface area (Å²) in [5.74, 6) is 0.0553. The van der Waals surface area contributed by atoms with Gasteiger partial charge in [0.15, 0.2) is 6.61 Å². The summed E-state index contributed by atoms with van der Waals surface area (Å²) in [6, 6.07) is 5.57. The van der Waals surface area contributed by atoms with Crippen LogP contribution in [0.4, 0.5) is 4.39 Å². The van der Waals surface area contributed by atoms with Gasteiger partial charge in [0.05, 0.1) is 0 Å². The lowest BCUT2D eigenvalue weighted by Gasteiger charge is -2.19. The molecule has 2 rings (SSSR count). The standard InChI is InChI=1S/C14H18FNO3/c15-11-4-6-12(7-5-11)19-9-14(18)16-13-3-1-2-10(13)8-17/h4-7,10,13,17H,1-3,8-9H2,(H,16,18). The van der Waals surface area contributed by atoms with Gasteiger partial charge in [-0.1, -0.05) is 6.42 Å². The third-order valence-electron chi connectivity index (χ3n) is 3.42. The number of hydrogen-bond donors (Lipinski definition) is 2. The van der Waals surface area contributed by atoms with E-state index in [1.165, 1.54) is 24.3 Å².